The topological polar surface area (TPSA) is 59.3 Å². The highest BCUT2D eigenvalue weighted by Crippen LogP contribution is 2.28. The van der Waals surface area contributed by atoms with Gasteiger partial charge in [0.2, 0.25) is 6.10 Å². The van der Waals surface area contributed by atoms with Crippen molar-refractivity contribution in [3.63, 3.8) is 0 Å². The van der Waals surface area contributed by atoms with E-state index in [0.29, 0.717) is 17.1 Å². The van der Waals surface area contributed by atoms with Gasteiger partial charge in [0, 0.05) is 5.56 Å². The number of esters is 1. The zero-order valence-electron chi connectivity index (χ0n) is 16.2. The van der Waals surface area contributed by atoms with Crippen molar-refractivity contribution in [1.82, 2.24) is 0 Å². The predicted octanol–water partition coefficient (Wildman–Crippen LogP) is 6.05. The van der Waals surface area contributed by atoms with Gasteiger partial charge in [-0.1, -0.05) is 63.9 Å². The minimum Gasteiger partial charge on any atom is -0.457 e. The van der Waals surface area contributed by atoms with Gasteiger partial charge in [-0.15, -0.1) is 0 Å². The van der Waals surface area contributed by atoms with Gasteiger partial charge in [-0.2, -0.15) is 5.26 Å². The van der Waals surface area contributed by atoms with Gasteiger partial charge in [0.15, 0.2) is 0 Å². The van der Waals surface area contributed by atoms with E-state index in [1.165, 1.54) is 0 Å². The van der Waals surface area contributed by atoms with Crippen molar-refractivity contribution in [2.45, 2.75) is 46.1 Å². The summed E-state index contributed by atoms with van der Waals surface area (Å²) in [6.07, 6.45) is 1.83. The SMILES string of the molecule is CCCCC(C(=O)OC(C#N)c1cccc(Oc2ccccc2)c1)C(C)C. The molecule has 0 aliphatic heterocycles. The molecule has 0 heterocycles. The molecular weight excluding hydrogens is 338 g/mol. The van der Waals surface area contributed by atoms with Crippen LogP contribution in [0.4, 0.5) is 0 Å². The zero-order chi connectivity index (χ0) is 19.6. The average molecular weight is 365 g/mol. The number of para-hydroxylation sites is 1. The molecular formula is C23H27NO3. The Labute approximate surface area is 161 Å². The monoisotopic (exact) mass is 365 g/mol. The van der Waals surface area contributed by atoms with E-state index in [0.717, 1.165) is 19.3 Å². The average Bonchev–Trinajstić information content (AvgIpc) is 2.67. The Morgan fingerprint density at radius 3 is 2.41 bits per heavy atom. The first-order chi connectivity index (χ1) is 13.0. The number of carbonyl (C=O) groups is 1. The summed E-state index contributed by atoms with van der Waals surface area (Å²) in [5, 5.41) is 9.54. The van der Waals surface area contributed by atoms with Gasteiger partial charge in [0.25, 0.3) is 0 Å². The van der Waals surface area contributed by atoms with Crippen LogP contribution in [0, 0.1) is 23.2 Å². The van der Waals surface area contributed by atoms with Crippen LogP contribution in [-0.4, -0.2) is 5.97 Å². The van der Waals surface area contributed by atoms with Crippen LogP contribution in [0.15, 0.2) is 54.6 Å². The molecule has 27 heavy (non-hydrogen) atoms. The maximum absolute atomic E-state index is 12.6. The lowest BCUT2D eigenvalue weighted by molar-refractivity contribution is -0.153. The van der Waals surface area contributed by atoms with E-state index < -0.39 is 6.10 Å². The Bertz CT molecular complexity index is 765. The normalized spacial score (nSPS) is 12.9. The first kappa shape index (κ1) is 20.5. The maximum atomic E-state index is 12.6. The largest absolute Gasteiger partial charge is 0.457 e. The molecule has 142 valence electrons. The van der Waals surface area contributed by atoms with Gasteiger partial charge in [-0.05, 0) is 36.6 Å². The van der Waals surface area contributed by atoms with E-state index in [1.54, 1.807) is 18.2 Å². The second kappa shape index (κ2) is 10.4. The first-order valence-electron chi connectivity index (χ1n) is 9.48. The van der Waals surface area contributed by atoms with Crippen LogP contribution in [0.5, 0.6) is 11.5 Å². The fourth-order valence-electron chi connectivity index (χ4n) is 2.89. The Kier molecular flexibility index (Phi) is 7.88. The van der Waals surface area contributed by atoms with Crippen molar-refractivity contribution >= 4 is 5.97 Å². The smallest absolute Gasteiger partial charge is 0.310 e. The number of nitriles is 1. The highest BCUT2D eigenvalue weighted by Gasteiger charge is 2.26. The molecule has 4 heteroatoms. The number of carbonyl (C=O) groups excluding carboxylic acids is 1. The molecule has 0 spiro atoms. The van der Waals surface area contributed by atoms with Gasteiger partial charge < -0.3 is 9.47 Å². The third kappa shape index (κ3) is 6.14. The number of hydrogen-bond donors (Lipinski definition) is 0. The molecule has 4 nitrogen and oxygen atoms in total. The molecule has 0 radical (unpaired) electrons. The Morgan fingerprint density at radius 2 is 1.78 bits per heavy atom. The molecule has 0 aliphatic rings. The molecule has 0 aliphatic carbocycles. The molecule has 0 fully saturated rings. The van der Waals surface area contributed by atoms with Crippen LogP contribution in [0.1, 0.15) is 51.7 Å². The predicted molar refractivity (Wildman–Crippen MR) is 105 cm³/mol. The van der Waals surface area contributed by atoms with Gasteiger partial charge >= 0.3 is 5.97 Å². The molecule has 0 saturated carbocycles. The standard InChI is InChI=1S/C23H27NO3/c1-4-5-14-21(17(2)3)23(25)27-22(16-24)18-10-9-13-20(15-18)26-19-11-7-6-8-12-19/h6-13,15,17,21-22H,4-5,14H2,1-3H3. The fraction of sp³-hybridized carbons (Fsp3) is 0.391. The van der Waals surface area contributed by atoms with Crippen molar-refractivity contribution in [2.24, 2.45) is 11.8 Å². The minimum absolute atomic E-state index is 0.177. The summed E-state index contributed by atoms with van der Waals surface area (Å²) in [7, 11) is 0. The minimum atomic E-state index is -0.945. The molecule has 2 rings (SSSR count). The number of nitrogens with zero attached hydrogens (tertiary/aromatic N) is 1. The molecule has 2 atom stereocenters. The highest BCUT2D eigenvalue weighted by atomic mass is 16.5. The third-order valence-corrected chi connectivity index (χ3v) is 4.47. The number of benzene rings is 2. The summed E-state index contributed by atoms with van der Waals surface area (Å²) in [6.45, 7) is 6.12. The van der Waals surface area contributed by atoms with Crippen LogP contribution in [0.25, 0.3) is 0 Å². The van der Waals surface area contributed by atoms with E-state index in [1.807, 2.05) is 50.2 Å². The van der Waals surface area contributed by atoms with Gasteiger partial charge in [0.05, 0.1) is 5.92 Å². The Balaban J connectivity index is 2.11. The second-order valence-electron chi connectivity index (χ2n) is 6.93. The van der Waals surface area contributed by atoms with E-state index in [2.05, 4.69) is 13.0 Å². The van der Waals surface area contributed by atoms with Crippen molar-refractivity contribution < 1.29 is 14.3 Å². The quantitative estimate of drug-likeness (QED) is 0.508. The van der Waals surface area contributed by atoms with Crippen molar-refractivity contribution in [2.75, 3.05) is 0 Å². The van der Waals surface area contributed by atoms with E-state index >= 15 is 0 Å². The van der Waals surface area contributed by atoms with Crippen LogP contribution < -0.4 is 4.74 Å². The van der Waals surface area contributed by atoms with Crippen LogP contribution in [-0.2, 0) is 9.53 Å². The highest BCUT2D eigenvalue weighted by molar-refractivity contribution is 5.73. The zero-order valence-corrected chi connectivity index (χ0v) is 16.2. The van der Waals surface area contributed by atoms with Gasteiger partial charge in [-0.3, -0.25) is 4.79 Å². The summed E-state index contributed by atoms with van der Waals surface area (Å²) in [5.74, 6) is 0.987. The first-order valence-corrected chi connectivity index (χ1v) is 9.48. The summed E-state index contributed by atoms with van der Waals surface area (Å²) < 4.78 is 11.4. The molecule has 0 amide bonds. The molecule has 2 aromatic rings. The van der Waals surface area contributed by atoms with Crippen molar-refractivity contribution in [3.05, 3.63) is 60.2 Å². The van der Waals surface area contributed by atoms with Gasteiger partial charge in [-0.25, -0.2) is 0 Å². The maximum Gasteiger partial charge on any atom is 0.310 e. The molecule has 2 unspecified atom stereocenters. The summed E-state index contributed by atoms with van der Waals surface area (Å²) in [5.41, 5.74) is 0.609. The Hall–Kier alpha value is -2.80. The van der Waals surface area contributed by atoms with E-state index in [-0.39, 0.29) is 17.8 Å². The lowest BCUT2D eigenvalue weighted by atomic mass is 9.90. The number of rotatable bonds is 9. The molecule has 0 N–H and O–H groups in total. The van der Waals surface area contributed by atoms with E-state index in [9.17, 15) is 10.1 Å². The summed E-state index contributed by atoms with van der Waals surface area (Å²) in [6, 6.07) is 18.6. The van der Waals surface area contributed by atoms with Crippen molar-refractivity contribution in [1.29, 1.82) is 5.26 Å². The fourth-order valence-corrected chi connectivity index (χ4v) is 2.89. The molecule has 0 saturated heterocycles. The molecule has 0 bridgehead atoms. The van der Waals surface area contributed by atoms with Gasteiger partial charge in [0.1, 0.15) is 17.6 Å². The molecule has 0 aromatic heterocycles. The lowest BCUT2D eigenvalue weighted by Crippen LogP contribution is -2.24. The third-order valence-electron chi connectivity index (χ3n) is 4.47. The van der Waals surface area contributed by atoms with Crippen molar-refractivity contribution in [3.8, 4) is 17.6 Å². The van der Waals surface area contributed by atoms with Crippen LogP contribution in [0.2, 0.25) is 0 Å². The van der Waals surface area contributed by atoms with Crippen LogP contribution in [0.3, 0.4) is 0 Å². The van der Waals surface area contributed by atoms with Crippen LogP contribution >= 0.6 is 0 Å². The molecule has 2 aromatic carbocycles. The lowest BCUT2D eigenvalue weighted by Gasteiger charge is -2.21. The number of hydrogen-bond acceptors (Lipinski definition) is 4. The van der Waals surface area contributed by atoms with E-state index in [4.69, 9.17) is 9.47 Å². The summed E-state index contributed by atoms with van der Waals surface area (Å²) in [4.78, 5) is 12.6. The Morgan fingerprint density at radius 1 is 1.07 bits per heavy atom. The summed E-state index contributed by atoms with van der Waals surface area (Å²) >= 11 is 0. The number of ether oxygens (including phenoxy) is 2. The number of unbranched alkanes of at least 4 members (excludes halogenated alkanes) is 1. The second-order valence-corrected chi connectivity index (χ2v) is 6.93.